The predicted molar refractivity (Wildman–Crippen MR) is 42.6 cm³/mol. The Kier molecular flexibility index (Phi) is 7.83. The highest BCUT2D eigenvalue weighted by molar-refractivity contribution is 4.50. The van der Waals surface area contributed by atoms with Crippen molar-refractivity contribution >= 4 is 0 Å². The molecule has 0 radical (unpaired) electrons. The highest BCUT2D eigenvalue weighted by Gasteiger charge is 2.01. The van der Waals surface area contributed by atoms with E-state index in [4.69, 9.17) is 14.6 Å². The van der Waals surface area contributed by atoms with Crippen LogP contribution in [-0.4, -0.2) is 51.7 Å². The topological polar surface area (TPSA) is 50.7 Å². The molecule has 0 aliphatic heterocycles. The van der Waals surface area contributed by atoms with Crippen LogP contribution in [-0.2, 0) is 9.47 Å². The van der Waals surface area contributed by atoms with Gasteiger partial charge in [0, 0.05) is 13.7 Å². The maximum absolute atomic E-state index is 9.08. The van der Waals surface area contributed by atoms with Gasteiger partial charge >= 0.3 is 0 Å². The first-order chi connectivity index (χ1) is 5.31. The lowest BCUT2D eigenvalue weighted by Crippen LogP contribution is -2.23. The van der Waals surface area contributed by atoms with Crippen molar-refractivity contribution in [2.24, 2.45) is 0 Å². The van der Waals surface area contributed by atoms with E-state index in [0.29, 0.717) is 19.8 Å². The Bertz CT molecular complexity index is 80.1. The monoisotopic (exact) mass is 163 g/mol. The normalized spacial score (nSPS) is 13.4. The van der Waals surface area contributed by atoms with E-state index in [0.717, 1.165) is 6.54 Å². The average molecular weight is 163 g/mol. The Balaban J connectivity index is 2.97. The maximum Gasteiger partial charge on any atom is 0.101 e. The van der Waals surface area contributed by atoms with Gasteiger partial charge in [-0.2, -0.15) is 0 Å². The predicted octanol–water partition coefficient (Wildman–Crippen LogP) is -0.770. The molecule has 0 spiro atoms. The second-order valence-corrected chi connectivity index (χ2v) is 2.29. The summed E-state index contributed by atoms with van der Waals surface area (Å²) in [5.41, 5.74) is 0. The van der Waals surface area contributed by atoms with Crippen LogP contribution in [0.25, 0.3) is 0 Å². The van der Waals surface area contributed by atoms with Gasteiger partial charge in [-0.25, -0.2) is 0 Å². The number of aliphatic hydroxyl groups excluding tert-OH is 1. The maximum atomic E-state index is 9.08. The lowest BCUT2D eigenvalue weighted by molar-refractivity contribution is -0.00488. The molecule has 1 unspecified atom stereocenters. The molecule has 0 fully saturated rings. The van der Waals surface area contributed by atoms with E-state index in [1.54, 1.807) is 7.11 Å². The van der Waals surface area contributed by atoms with E-state index in [-0.39, 0.29) is 0 Å². The summed E-state index contributed by atoms with van der Waals surface area (Å²) in [5.74, 6) is 0. The van der Waals surface area contributed by atoms with Crippen molar-refractivity contribution in [3.63, 3.8) is 0 Å². The van der Waals surface area contributed by atoms with E-state index in [9.17, 15) is 0 Å². The second kappa shape index (κ2) is 7.94. The lowest BCUT2D eigenvalue weighted by atomic mass is 10.4. The number of methoxy groups -OCH3 is 1. The molecular formula is C7H17NO3. The number of likely N-dealkylation sites (N-methyl/N-ethyl adjacent to an activating group) is 1. The fraction of sp³-hybridized carbons (Fsp3) is 1.00. The summed E-state index contributed by atoms with van der Waals surface area (Å²) in [5, 5.41) is 12.0. The van der Waals surface area contributed by atoms with E-state index in [1.165, 1.54) is 0 Å². The largest absolute Gasteiger partial charge is 0.388 e. The first kappa shape index (κ1) is 10.8. The Hall–Kier alpha value is -0.160. The SMILES string of the molecule is CNCCOCC(O)COC. The Morgan fingerprint density at radius 2 is 2.18 bits per heavy atom. The van der Waals surface area contributed by atoms with Crippen molar-refractivity contribution in [3.8, 4) is 0 Å². The molecular weight excluding hydrogens is 146 g/mol. The van der Waals surface area contributed by atoms with Gasteiger partial charge in [0.2, 0.25) is 0 Å². The van der Waals surface area contributed by atoms with Gasteiger partial charge in [-0.1, -0.05) is 0 Å². The van der Waals surface area contributed by atoms with Crippen molar-refractivity contribution in [1.82, 2.24) is 5.32 Å². The third-order valence-electron chi connectivity index (χ3n) is 1.17. The van der Waals surface area contributed by atoms with Crippen LogP contribution in [0.3, 0.4) is 0 Å². The fourth-order valence-corrected chi connectivity index (χ4v) is 0.634. The lowest BCUT2D eigenvalue weighted by Gasteiger charge is -2.09. The zero-order valence-electron chi connectivity index (χ0n) is 7.17. The van der Waals surface area contributed by atoms with Gasteiger partial charge in [-0.15, -0.1) is 0 Å². The first-order valence-electron chi connectivity index (χ1n) is 3.70. The van der Waals surface area contributed by atoms with Gasteiger partial charge in [0.25, 0.3) is 0 Å². The van der Waals surface area contributed by atoms with E-state index in [2.05, 4.69) is 5.32 Å². The summed E-state index contributed by atoms with van der Waals surface area (Å²) in [6.45, 7) is 2.10. The van der Waals surface area contributed by atoms with E-state index >= 15 is 0 Å². The van der Waals surface area contributed by atoms with Gasteiger partial charge in [-0.05, 0) is 7.05 Å². The van der Waals surface area contributed by atoms with Crippen LogP contribution in [0.15, 0.2) is 0 Å². The van der Waals surface area contributed by atoms with Gasteiger partial charge in [0.15, 0.2) is 0 Å². The molecule has 0 amide bonds. The molecule has 0 bridgehead atoms. The molecule has 0 aromatic rings. The third kappa shape index (κ3) is 7.74. The molecule has 0 heterocycles. The summed E-state index contributed by atoms with van der Waals surface area (Å²) in [7, 11) is 3.41. The summed E-state index contributed by atoms with van der Waals surface area (Å²) >= 11 is 0. The highest BCUT2D eigenvalue weighted by atomic mass is 16.5. The van der Waals surface area contributed by atoms with Crippen molar-refractivity contribution in [1.29, 1.82) is 0 Å². The fourth-order valence-electron chi connectivity index (χ4n) is 0.634. The van der Waals surface area contributed by atoms with Crippen molar-refractivity contribution in [2.45, 2.75) is 6.10 Å². The minimum atomic E-state index is -0.503. The van der Waals surface area contributed by atoms with Gasteiger partial charge in [0.1, 0.15) is 6.10 Å². The summed E-state index contributed by atoms with van der Waals surface area (Å²) in [4.78, 5) is 0. The third-order valence-corrected chi connectivity index (χ3v) is 1.17. The quantitative estimate of drug-likeness (QED) is 0.484. The highest BCUT2D eigenvalue weighted by Crippen LogP contribution is 1.85. The Morgan fingerprint density at radius 1 is 1.45 bits per heavy atom. The molecule has 0 aromatic heterocycles. The number of rotatable bonds is 7. The van der Waals surface area contributed by atoms with Crippen LogP contribution in [0.1, 0.15) is 0 Å². The van der Waals surface area contributed by atoms with Crippen LogP contribution in [0.5, 0.6) is 0 Å². The van der Waals surface area contributed by atoms with Crippen LogP contribution in [0, 0.1) is 0 Å². The molecule has 0 aliphatic carbocycles. The minimum absolute atomic E-state index is 0.333. The molecule has 0 saturated carbocycles. The zero-order chi connectivity index (χ0) is 8.53. The molecule has 1 atom stereocenters. The summed E-state index contributed by atoms with van der Waals surface area (Å²) < 4.78 is 9.81. The smallest absolute Gasteiger partial charge is 0.101 e. The van der Waals surface area contributed by atoms with Gasteiger partial charge < -0.3 is 19.9 Å². The standard InChI is InChI=1S/C7H17NO3/c1-8-3-4-11-6-7(9)5-10-2/h7-9H,3-6H2,1-2H3. The second-order valence-electron chi connectivity index (χ2n) is 2.29. The molecule has 4 heteroatoms. The molecule has 11 heavy (non-hydrogen) atoms. The van der Waals surface area contributed by atoms with Crippen LogP contribution < -0.4 is 5.32 Å². The van der Waals surface area contributed by atoms with Crippen molar-refractivity contribution < 1.29 is 14.6 Å². The Labute approximate surface area is 67.5 Å². The molecule has 0 aliphatic rings. The average Bonchev–Trinajstić information content (AvgIpc) is 1.99. The van der Waals surface area contributed by atoms with Crippen LogP contribution >= 0.6 is 0 Å². The molecule has 4 nitrogen and oxygen atoms in total. The number of nitrogens with one attached hydrogen (secondary N) is 1. The molecule has 0 aromatic carbocycles. The van der Waals surface area contributed by atoms with Gasteiger partial charge in [0.05, 0.1) is 19.8 Å². The number of hydrogen-bond donors (Lipinski definition) is 2. The summed E-state index contributed by atoms with van der Waals surface area (Å²) in [6, 6.07) is 0. The van der Waals surface area contributed by atoms with Crippen molar-refractivity contribution in [3.05, 3.63) is 0 Å². The molecule has 2 N–H and O–H groups in total. The number of hydrogen-bond acceptors (Lipinski definition) is 4. The minimum Gasteiger partial charge on any atom is -0.388 e. The van der Waals surface area contributed by atoms with Crippen LogP contribution in [0.4, 0.5) is 0 Å². The molecule has 0 rings (SSSR count). The van der Waals surface area contributed by atoms with E-state index < -0.39 is 6.10 Å². The summed E-state index contributed by atoms with van der Waals surface area (Å²) in [6.07, 6.45) is -0.503. The molecule has 68 valence electrons. The Morgan fingerprint density at radius 3 is 2.73 bits per heavy atom. The number of aliphatic hydroxyl groups is 1. The van der Waals surface area contributed by atoms with Gasteiger partial charge in [-0.3, -0.25) is 0 Å². The van der Waals surface area contributed by atoms with Crippen molar-refractivity contribution in [2.75, 3.05) is 40.5 Å². The number of ether oxygens (including phenoxy) is 2. The van der Waals surface area contributed by atoms with E-state index in [1.807, 2.05) is 7.05 Å². The van der Waals surface area contributed by atoms with Crippen LogP contribution in [0.2, 0.25) is 0 Å². The first-order valence-corrected chi connectivity index (χ1v) is 3.70. The zero-order valence-corrected chi connectivity index (χ0v) is 7.17. The molecule has 0 saturated heterocycles.